The predicted octanol–water partition coefficient (Wildman–Crippen LogP) is 3.52. The molecule has 0 atom stereocenters. The van der Waals surface area contributed by atoms with Gasteiger partial charge in [0.2, 0.25) is 5.95 Å². The van der Waals surface area contributed by atoms with Crippen LogP contribution < -0.4 is 5.73 Å². The second kappa shape index (κ2) is 5.79. The zero-order chi connectivity index (χ0) is 15.7. The molecule has 0 aliphatic carbocycles. The smallest absolute Gasteiger partial charge is 0.281 e. The normalized spacial score (nSPS) is 10.6. The molecule has 0 fully saturated rings. The molecular weight excluding hydrogens is 323 g/mol. The molecule has 2 N–H and O–H groups in total. The van der Waals surface area contributed by atoms with Gasteiger partial charge in [-0.1, -0.05) is 35.3 Å². The molecule has 0 saturated heterocycles. The number of hydrogen-bond acceptors (Lipinski definition) is 4. The van der Waals surface area contributed by atoms with Crippen molar-refractivity contribution in [2.45, 2.75) is 0 Å². The summed E-state index contributed by atoms with van der Waals surface area (Å²) in [5.41, 5.74) is 6.82. The van der Waals surface area contributed by atoms with Crippen molar-refractivity contribution in [2.75, 3.05) is 5.73 Å². The van der Waals surface area contributed by atoms with E-state index in [9.17, 15) is 4.79 Å². The number of benzene rings is 2. The van der Waals surface area contributed by atoms with Crippen LogP contribution in [-0.2, 0) is 0 Å². The van der Waals surface area contributed by atoms with Gasteiger partial charge in [0.25, 0.3) is 5.91 Å². The van der Waals surface area contributed by atoms with Crippen LogP contribution in [0.4, 0.5) is 5.95 Å². The summed E-state index contributed by atoms with van der Waals surface area (Å²) in [7, 11) is 0. The van der Waals surface area contributed by atoms with Crippen LogP contribution in [0.25, 0.3) is 11.4 Å². The third-order valence-electron chi connectivity index (χ3n) is 3.03. The summed E-state index contributed by atoms with van der Waals surface area (Å²) in [4.78, 5) is 16.5. The fourth-order valence-electron chi connectivity index (χ4n) is 1.95. The Labute approximate surface area is 136 Å². The molecule has 0 bridgehead atoms. The largest absolute Gasteiger partial charge is 0.368 e. The number of nitrogen functional groups attached to an aromatic ring is 1. The van der Waals surface area contributed by atoms with E-state index >= 15 is 0 Å². The van der Waals surface area contributed by atoms with Crippen molar-refractivity contribution in [1.82, 2.24) is 14.8 Å². The number of carbonyl (C=O) groups excluding carboxylic acids is 1. The molecule has 1 aromatic heterocycles. The Bertz CT molecular complexity index is 843. The highest BCUT2D eigenvalue weighted by atomic mass is 35.5. The molecule has 3 aromatic rings. The van der Waals surface area contributed by atoms with Crippen LogP contribution in [-0.4, -0.2) is 20.7 Å². The van der Waals surface area contributed by atoms with Gasteiger partial charge in [0, 0.05) is 16.1 Å². The van der Waals surface area contributed by atoms with Gasteiger partial charge in [-0.25, -0.2) is 0 Å². The number of carbonyl (C=O) groups is 1. The van der Waals surface area contributed by atoms with Gasteiger partial charge in [0.05, 0.1) is 5.02 Å². The molecule has 7 heteroatoms. The molecule has 0 unspecified atom stereocenters. The Kier molecular flexibility index (Phi) is 3.83. The van der Waals surface area contributed by atoms with E-state index in [2.05, 4.69) is 10.1 Å². The van der Waals surface area contributed by atoms with Gasteiger partial charge in [-0.2, -0.15) is 9.67 Å². The van der Waals surface area contributed by atoms with Gasteiger partial charge >= 0.3 is 0 Å². The summed E-state index contributed by atoms with van der Waals surface area (Å²) >= 11 is 11.9. The molecule has 0 spiro atoms. The lowest BCUT2D eigenvalue weighted by Crippen LogP contribution is -2.16. The fraction of sp³-hybridized carbons (Fsp3) is 0. The van der Waals surface area contributed by atoms with Gasteiger partial charge in [0.1, 0.15) is 0 Å². The first-order valence-corrected chi connectivity index (χ1v) is 7.09. The van der Waals surface area contributed by atoms with E-state index in [-0.39, 0.29) is 11.9 Å². The SMILES string of the molecule is Nc1nc(-c2ccccc2Cl)nn1C(=O)c1ccc(Cl)cc1. The molecule has 1 heterocycles. The summed E-state index contributed by atoms with van der Waals surface area (Å²) < 4.78 is 1.04. The topological polar surface area (TPSA) is 73.8 Å². The lowest BCUT2D eigenvalue weighted by molar-refractivity contribution is 0.0948. The Morgan fingerprint density at radius 3 is 2.41 bits per heavy atom. The highest BCUT2D eigenvalue weighted by Gasteiger charge is 2.17. The quantitative estimate of drug-likeness (QED) is 0.779. The Hall–Kier alpha value is -2.37. The van der Waals surface area contributed by atoms with E-state index in [4.69, 9.17) is 28.9 Å². The molecule has 0 saturated carbocycles. The Balaban J connectivity index is 2.01. The zero-order valence-corrected chi connectivity index (χ0v) is 12.7. The van der Waals surface area contributed by atoms with Crippen molar-refractivity contribution in [3.05, 3.63) is 64.1 Å². The molecule has 22 heavy (non-hydrogen) atoms. The van der Waals surface area contributed by atoms with Crippen LogP contribution in [0.5, 0.6) is 0 Å². The highest BCUT2D eigenvalue weighted by Crippen LogP contribution is 2.25. The molecule has 5 nitrogen and oxygen atoms in total. The number of halogens is 2. The zero-order valence-electron chi connectivity index (χ0n) is 11.2. The van der Waals surface area contributed by atoms with Crippen LogP contribution in [0.15, 0.2) is 48.5 Å². The standard InChI is InChI=1S/C15H10Cl2N4O/c16-10-7-5-9(6-8-10)14(22)21-15(18)19-13(20-21)11-3-1-2-4-12(11)17/h1-8H,(H2,18,19,20). The minimum Gasteiger partial charge on any atom is -0.368 e. The van der Waals surface area contributed by atoms with Crippen LogP contribution in [0.3, 0.4) is 0 Å². The number of nitrogens with two attached hydrogens (primary N) is 1. The summed E-state index contributed by atoms with van der Waals surface area (Å²) in [5.74, 6) is -0.0970. The Morgan fingerprint density at radius 1 is 1.05 bits per heavy atom. The average Bonchev–Trinajstić information content (AvgIpc) is 2.89. The summed E-state index contributed by atoms with van der Waals surface area (Å²) in [6.07, 6.45) is 0. The minimum atomic E-state index is -0.389. The van der Waals surface area contributed by atoms with Crippen molar-refractivity contribution in [1.29, 1.82) is 0 Å². The van der Waals surface area contributed by atoms with Crippen LogP contribution >= 0.6 is 23.2 Å². The molecule has 0 amide bonds. The number of hydrogen-bond donors (Lipinski definition) is 1. The monoisotopic (exact) mass is 332 g/mol. The number of anilines is 1. The van der Waals surface area contributed by atoms with E-state index in [1.165, 1.54) is 0 Å². The van der Waals surface area contributed by atoms with Crippen LogP contribution in [0.2, 0.25) is 10.0 Å². The van der Waals surface area contributed by atoms with Crippen LogP contribution in [0, 0.1) is 0 Å². The second-order valence-corrected chi connectivity index (χ2v) is 5.34. The maximum atomic E-state index is 12.4. The summed E-state index contributed by atoms with van der Waals surface area (Å²) in [6.45, 7) is 0. The van der Waals surface area contributed by atoms with E-state index < -0.39 is 0 Å². The molecule has 110 valence electrons. The molecular formula is C15H10Cl2N4O. The van der Waals surface area contributed by atoms with Crippen molar-refractivity contribution in [3.8, 4) is 11.4 Å². The van der Waals surface area contributed by atoms with E-state index in [1.807, 2.05) is 0 Å². The molecule has 0 aliphatic rings. The fourth-order valence-corrected chi connectivity index (χ4v) is 2.29. The van der Waals surface area contributed by atoms with Crippen molar-refractivity contribution < 1.29 is 4.79 Å². The van der Waals surface area contributed by atoms with Gasteiger partial charge in [-0.05, 0) is 36.4 Å². The van der Waals surface area contributed by atoms with Crippen molar-refractivity contribution in [2.24, 2.45) is 0 Å². The Morgan fingerprint density at radius 2 is 1.73 bits per heavy atom. The maximum absolute atomic E-state index is 12.4. The van der Waals surface area contributed by atoms with Crippen LogP contribution in [0.1, 0.15) is 10.4 Å². The van der Waals surface area contributed by atoms with Crippen molar-refractivity contribution >= 4 is 35.1 Å². The van der Waals surface area contributed by atoms with E-state index in [1.54, 1.807) is 48.5 Å². The van der Waals surface area contributed by atoms with Gasteiger partial charge in [-0.3, -0.25) is 4.79 Å². The van der Waals surface area contributed by atoms with Gasteiger partial charge in [0.15, 0.2) is 5.82 Å². The molecule has 2 aromatic carbocycles. The van der Waals surface area contributed by atoms with Crippen molar-refractivity contribution in [3.63, 3.8) is 0 Å². The first-order valence-electron chi connectivity index (χ1n) is 6.34. The van der Waals surface area contributed by atoms with E-state index in [0.29, 0.717) is 27.0 Å². The lowest BCUT2D eigenvalue weighted by atomic mass is 10.2. The first-order chi connectivity index (χ1) is 10.6. The second-order valence-electron chi connectivity index (χ2n) is 4.50. The van der Waals surface area contributed by atoms with E-state index in [0.717, 1.165) is 4.68 Å². The average molecular weight is 333 g/mol. The summed E-state index contributed by atoms with van der Waals surface area (Å²) in [5, 5.41) is 5.18. The van der Waals surface area contributed by atoms with Gasteiger partial charge in [-0.15, -0.1) is 5.10 Å². The third-order valence-corrected chi connectivity index (χ3v) is 3.61. The molecule has 0 aliphatic heterocycles. The number of nitrogens with zero attached hydrogens (tertiary/aromatic N) is 3. The highest BCUT2D eigenvalue weighted by molar-refractivity contribution is 6.33. The number of rotatable bonds is 2. The number of aromatic nitrogens is 3. The van der Waals surface area contributed by atoms with Gasteiger partial charge < -0.3 is 5.73 Å². The molecule has 0 radical (unpaired) electrons. The predicted molar refractivity (Wildman–Crippen MR) is 86.1 cm³/mol. The first kappa shape index (κ1) is 14.6. The lowest BCUT2D eigenvalue weighted by Gasteiger charge is -2.01. The third kappa shape index (κ3) is 2.68. The minimum absolute atomic E-state index is 0.00475. The molecule has 3 rings (SSSR count). The summed E-state index contributed by atoms with van der Waals surface area (Å²) in [6, 6.07) is 13.5. The maximum Gasteiger partial charge on any atom is 0.281 e.